The zero-order chi connectivity index (χ0) is 22.2. The number of aromatic nitrogens is 3. The molecular weight excluding hydrogens is 390 g/mol. The van der Waals surface area contributed by atoms with Crippen LogP contribution in [0.2, 0.25) is 0 Å². The third-order valence-electron chi connectivity index (χ3n) is 5.17. The topological polar surface area (TPSA) is 85.1 Å². The van der Waals surface area contributed by atoms with E-state index in [4.69, 9.17) is 5.11 Å². The lowest BCUT2D eigenvalue weighted by Crippen LogP contribution is -2.08. The second-order valence-corrected chi connectivity index (χ2v) is 7.78. The van der Waals surface area contributed by atoms with E-state index in [1.807, 2.05) is 17.7 Å². The van der Waals surface area contributed by atoms with Gasteiger partial charge in [-0.15, -0.1) is 5.10 Å². The molecule has 3 aromatic rings. The molecule has 0 saturated heterocycles. The normalized spacial score (nSPS) is 10.9. The number of unbranched alkanes of at least 4 members (excludes halogenated alkanes) is 1. The van der Waals surface area contributed by atoms with E-state index in [0.717, 1.165) is 48.2 Å². The van der Waals surface area contributed by atoms with Crippen LogP contribution in [0.25, 0.3) is 0 Å². The highest BCUT2D eigenvalue weighted by Gasteiger charge is 2.15. The summed E-state index contributed by atoms with van der Waals surface area (Å²) in [6.45, 7) is 4.68. The van der Waals surface area contributed by atoms with E-state index in [1.54, 1.807) is 18.2 Å². The van der Waals surface area contributed by atoms with E-state index in [0.29, 0.717) is 30.8 Å². The first-order valence-corrected chi connectivity index (χ1v) is 10.9. The molecule has 0 radical (unpaired) electrons. The van der Waals surface area contributed by atoms with Crippen molar-refractivity contribution in [3.05, 3.63) is 82.4 Å². The monoisotopic (exact) mass is 419 g/mol. The van der Waals surface area contributed by atoms with Crippen LogP contribution in [0.15, 0.2) is 48.5 Å². The maximum absolute atomic E-state index is 12.2. The van der Waals surface area contributed by atoms with Crippen LogP contribution in [0.1, 0.15) is 83.0 Å². The third kappa shape index (κ3) is 6.10. The van der Waals surface area contributed by atoms with Gasteiger partial charge >= 0.3 is 5.97 Å². The number of hydrogen-bond donors (Lipinski definition) is 1. The highest BCUT2D eigenvalue weighted by atomic mass is 16.4. The number of hydrogen-bond acceptors (Lipinski definition) is 4. The number of aromatic carboxylic acids is 1. The second kappa shape index (κ2) is 10.7. The van der Waals surface area contributed by atoms with Gasteiger partial charge in [-0.1, -0.05) is 56.7 Å². The molecule has 6 heteroatoms. The molecule has 0 unspecified atom stereocenters. The maximum Gasteiger partial charge on any atom is 0.335 e. The van der Waals surface area contributed by atoms with Crippen LogP contribution < -0.4 is 0 Å². The number of carbonyl (C=O) groups is 2. The van der Waals surface area contributed by atoms with Crippen LogP contribution in [0, 0.1) is 0 Å². The lowest BCUT2D eigenvalue weighted by atomic mass is 10.0. The summed E-state index contributed by atoms with van der Waals surface area (Å²) in [7, 11) is 0. The number of ketones is 1. The SMILES string of the molecule is CCCCc1nc(C(=O)CCC)nn1Cc1ccc(Cc2cccc(C(=O)O)c2)cc1. The molecule has 0 aliphatic heterocycles. The molecule has 31 heavy (non-hydrogen) atoms. The Kier molecular flexibility index (Phi) is 7.70. The van der Waals surface area contributed by atoms with Crippen molar-refractivity contribution in [1.29, 1.82) is 0 Å². The zero-order valence-corrected chi connectivity index (χ0v) is 18.2. The molecule has 0 atom stereocenters. The Labute approximate surface area is 183 Å². The average molecular weight is 420 g/mol. The van der Waals surface area contributed by atoms with E-state index >= 15 is 0 Å². The van der Waals surface area contributed by atoms with Crippen LogP contribution in [-0.4, -0.2) is 31.6 Å². The standard InChI is InChI=1S/C25H29N3O3/c1-3-5-10-23-26-24(22(29)7-4-2)27-28(23)17-19-13-11-18(12-14-19)15-20-8-6-9-21(16-20)25(30)31/h6,8-9,11-14,16H,3-5,7,10,15,17H2,1-2H3,(H,30,31). The fourth-order valence-corrected chi connectivity index (χ4v) is 3.46. The molecule has 1 N–H and O–H groups in total. The first-order chi connectivity index (χ1) is 15.0. The number of aryl methyl sites for hydroxylation is 1. The molecule has 0 saturated carbocycles. The number of carboxylic acids is 1. The molecule has 2 aromatic carbocycles. The van der Waals surface area contributed by atoms with Gasteiger partial charge in [-0.05, 0) is 48.1 Å². The number of nitrogens with zero attached hydrogens (tertiary/aromatic N) is 3. The van der Waals surface area contributed by atoms with E-state index in [-0.39, 0.29) is 5.78 Å². The summed E-state index contributed by atoms with van der Waals surface area (Å²) in [6.07, 6.45) is 4.80. The first kappa shape index (κ1) is 22.4. The van der Waals surface area contributed by atoms with Crippen molar-refractivity contribution >= 4 is 11.8 Å². The fourth-order valence-electron chi connectivity index (χ4n) is 3.46. The van der Waals surface area contributed by atoms with Gasteiger partial charge in [0.05, 0.1) is 12.1 Å². The minimum atomic E-state index is -0.916. The molecule has 0 bridgehead atoms. The number of rotatable bonds is 11. The Morgan fingerprint density at radius 2 is 1.71 bits per heavy atom. The van der Waals surface area contributed by atoms with Gasteiger partial charge in [0.15, 0.2) is 0 Å². The Bertz CT molecular complexity index is 1040. The molecular formula is C25H29N3O3. The van der Waals surface area contributed by atoms with Gasteiger partial charge in [0.1, 0.15) is 5.82 Å². The average Bonchev–Trinajstić information content (AvgIpc) is 3.16. The van der Waals surface area contributed by atoms with E-state index in [9.17, 15) is 9.59 Å². The lowest BCUT2D eigenvalue weighted by Gasteiger charge is -2.08. The summed E-state index contributed by atoms with van der Waals surface area (Å²) < 4.78 is 1.85. The van der Waals surface area contributed by atoms with Crippen LogP contribution in [0.5, 0.6) is 0 Å². The van der Waals surface area contributed by atoms with Gasteiger partial charge in [0, 0.05) is 12.8 Å². The van der Waals surface area contributed by atoms with Crippen molar-refractivity contribution in [2.24, 2.45) is 0 Å². The molecule has 0 spiro atoms. The summed E-state index contributed by atoms with van der Waals surface area (Å²) in [5.41, 5.74) is 3.45. The predicted molar refractivity (Wildman–Crippen MR) is 120 cm³/mol. The third-order valence-corrected chi connectivity index (χ3v) is 5.17. The van der Waals surface area contributed by atoms with Crippen LogP contribution in [0.4, 0.5) is 0 Å². The smallest absolute Gasteiger partial charge is 0.335 e. The van der Waals surface area contributed by atoms with Gasteiger partial charge in [-0.2, -0.15) is 0 Å². The fraction of sp³-hybridized carbons (Fsp3) is 0.360. The Hall–Kier alpha value is -3.28. The number of benzene rings is 2. The summed E-state index contributed by atoms with van der Waals surface area (Å²) in [5, 5.41) is 13.7. The minimum absolute atomic E-state index is 0.00191. The van der Waals surface area contributed by atoms with E-state index < -0.39 is 5.97 Å². The van der Waals surface area contributed by atoms with Crippen LogP contribution in [-0.2, 0) is 19.4 Å². The van der Waals surface area contributed by atoms with Gasteiger partial charge in [0.2, 0.25) is 11.6 Å². The first-order valence-electron chi connectivity index (χ1n) is 10.9. The van der Waals surface area contributed by atoms with Gasteiger partial charge in [-0.25, -0.2) is 14.5 Å². The predicted octanol–water partition coefficient (Wildman–Crippen LogP) is 4.94. The number of Topliss-reactive ketones (excluding diaryl/α,β-unsaturated/α-hetero) is 1. The maximum atomic E-state index is 12.2. The summed E-state index contributed by atoms with van der Waals surface area (Å²) in [6, 6.07) is 15.2. The molecule has 1 heterocycles. The molecule has 0 fully saturated rings. The van der Waals surface area contributed by atoms with E-state index in [1.165, 1.54) is 0 Å². The highest BCUT2D eigenvalue weighted by Crippen LogP contribution is 2.15. The summed E-state index contributed by atoms with van der Waals surface area (Å²) in [5.74, 6) is 0.261. The summed E-state index contributed by atoms with van der Waals surface area (Å²) in [4.78, 5) is 27.9. The quantitative estimate of drug-likeness (QED) is 0.445. The van der Waals surface area contributed by atoms with Crippen molar-refractivity contribution in [3.8, 4) is 0 Å². The molecule has 0 amide bonds. The zero-order valence-electron chi connectivity index (χ0n) is 18.2. The van der Waals surface area contributed by atoms with Gasteiger partial charge < -0.3 is 5.11 Å². The van der Waals surface area contributed by atoms with Crippen molar-refractivity contribution in [1.82, 2.24) is 14.8 Å². The molecule has 3 rings (SSSR count). The Balaban J connectivity index is 1.73. The van der Waals surface area contributed by atoms with Crippen molar-refractivity contribution in [3.63, 3.8) is 0 Å². The van der Waals surface area contributed by atoms with Crippen molar-refractivity contribution < 1.29 is 14.7 Å². The van der Waals surface area contributed by atoms with Crippen LogP contribution in [0.3, 0.4) is 0 Å². The van der Waals surface area contributed by atoms with Crippen molar-refractivity contribution in [2.75, 3.05) is 0 Å². The van der Waals surface area contributed by atoms with Gasteiger partial charge in [0.25, 0.3) is 0 Å². The van der Waals surface area contributed by atoms with Gasteiger partial charge in [-0.3, -0.25) is 4.79 Å². The number of carboxylic acid groups (broad SMARTS) is 1. The molecule has 1 aromatic heterocycles. The lowest BCUT2D eigenvalue weighted by molar-refractivity contribution is 0.0696. The number of carbonyl (C=O) groups excluding carboxylic acids is 1. The Morgan fingerprint density at radius 1 is 0.968 bits per heavy atom. The largest absolute Gasteiger partial charge is 0.478 e. The molecule has 6 nitrogen and oxygen atoms in total. The summed E-state index contributed by atoms with van der Waals surface area (Å²) >= 11 is 0. The Morgan fingerprint density at radius 3 is 2.39 bits per heavy atom. The van der Waals surface area contributed by atoms with Crippen LogP contribution >= 0.6 is 0 Å². The van der Waals surface area contributed by atoms with E-state index in [2.05, 4.69) is 41.3 Å². The molecule has 0 aliphatic carbocycles. The molecule has 162 valence electrons. The minimum Gasteiger partial charge on any atom is -0.478 e. The molecule has 0 aliphatic rings. The highest BCUT2D eigenvalue weighted by molar-refractivity contribution is 5.92. The van der Waals surface area contributed by atoms with Crippen molar-refractivity contribution in [2.45, 2.75) is 58.9 Å². The second-order valence-electron chi connectivity index (χ2n) is 7.78.